The number of hydrogen-bond acceptors (Lipinski definition) is 4. The number of thiophene rings is 1. The first-order valence-electron chi connectivity index (χ1n) is 8.99. The molecule has 1 fully saturated rings. The molecule has 144 valence electrons. The van der Waals surface area contributed by atoms with Crippen molar-refractivity contribution in [3.8, 4) is 0 Å². The van der Waals surface area contributed by atoms with Crippen molar-refractivity contribution in [3.05, 3.63) is 57.2 Å². The Bertz CT molecular complexity index is 795. The number of benzene rings is 1. The zero-order valence-electron chi connectivity index (χ0n) is 15.4. The number of thioether (sulfide) groups is 1. The van der Waals surface area contributed by atoms with Crippen LogP contribution in [0.4, 0.5) is 0 Å². The molecule has 2 amide bonds. The fourth-order valence-corrected chi connectivity index (χ4v) is 5.59. The second-order valence-corrected chi connectivity index (χ2v) is 9.38. The van der Waals surface area contributed by atoms with E-state index in [4.69, 9.17) is 11.6 Å². The fraction of sp³-hybridized carbons (Fsp3) is 0.400. The zero-order chi connectivity index (χ0) is 19.4. The van der Waals surface area contributed by atoms with E-state index in [0.717, 1.165) is 11.3 Å². The van der Waals surface area contributed by atoms with Crippen LogP contribution < -0.4 is 5.32 Å². The van der Waals surface area contributed by atoms with Crippen molar-refractivity contribution < 1.29 is 9.59 Å². The van der Waals surface area contributed by atoms with E-state index in [0.29, 0.717) is 28.8 Å². The van der Waals surface area contributed by atoms with Crippen LogP contribution in [0.1, 0.15) is 40.9 Å². The van der Waals surface area contributed by atoms with Gasteiger partial charge in [-0.3, -0.25) is 9.59 Å². The average molecular weight is 423 g/mol. The molecule has 2 atom stereocenters. The number of halogens is 1. The Morgan fingerprint density at radius 2 is 2.04 bits per heavy atom. The molecule has 0 bridgehead atoms. The maximum Gasteiger partial charge on any atom is 0.257 e. The van der Waals surface area contributed by atoms with Crippen molar-refractivity contribution in [3.63, 3.8) is 0 Å². The standard InChI is InChI=1S/C20H23ClN2O2S2/c1-13(2)9-10-22-18(24)16-12-27-20(17-8-5-11-26-17)23(16)19(25)14-6-3-4-7-15(14)21/h3-8,11,13,16,20H,9-10,12H2,1-2H3,(H,22,24). The van der Waals surface area contributed by atoms with Gasteiger partial charge in [0.2, 0.25) is 5.91 Å². The highest BCUT2D eigenvalue weighted by Crippen LogP contribution is 2.44. The van der Waals surface area contributed by atoms with Gasteiger partial charge in [0, 0.05) is 17.2 Å². The summed E-state index contributed by atoms with van der Waals surface area (Å²) in [6.07, 6.45) is 0.915. The van der Waals surface area contributed by atoms with Crippen molar-refractivity contribution in [2.75, 3.05) is 12.3 Å². The predicted octanol–water partition coefficient (Wildman–Crippen LogP) is 4.82. The number of carbonyl (C=O) groups excluding carboxylic acids is 2. The van der Waals surface area contributed by atoms with E-state index < -0.39 is 6.04 Å². The van der Waals surface area contributed by atoms with Gasteiger partial charge in [0.25, 0.3) is 5.91 Å². The number of carbonyl (C=O) groups is 2. The van der Waals surface area contributed by atoms with Crippen LogP contribution in [0.15, 0.2) is 41.8 Å². The van der Waals surface area contributed by atoms with Crippen LogP contribution in [0.25, 0.3) is 0 Å². The first kappa shape index (κ1) is 20.2. The van der Waals surface area contributed by atoms with Crippen molar-refractivity contribution in [1.82, 2.24) is 10.2 Å². The van der Waals surface area contributed by atoms with E-state index >= 15 is 0 Å². The Labute approximate surface area is 173 Å². The monoisotopic (exact) mass is 422 g/mol. The predicted molar refractivity (Wildman–Crippen MR) is 113 cm³/mol. The van der Waals surface area contributed by atoms with E-state index in [9.17, 15) is 9.59 Å². The number of amides is 2. The van der Waals surface area contributed by atoms with Crippen LogP contribution in [0.2, 0.25) is 5.02 Å². The molecular formula is C20H23ClN2O2S2. The third-order valence-electron chi connectivity index (χ3n) is 4.45. The van der Waals surface area contributed by atoms with Gasteiger partial charge in [0.15, 0.2) is 0 Å². The molecule has 1 aromatic heterocycles. The van der Waals surface area contributed by atoms with Gasteiger partial charge in [-0.2, -0.15) is 0 Å². The van der Waals surface area contributed by atoms with Crippen LogP contribution in [0.5, 0.6) is 0 Å². The Morgan fingerprint density at radius 3 is 2.70 bits per heavy atom. The van der Waals surface area contributed by atoms with Crippen molar-refractivity contribution >= 4 is 46.5 Å². The highest BCUT2D eigenvalue weighted by atomic mass is 35.5. The normalized spacial score (nSPS) is 19.5. The molecule has 2 aromatic rings. The molecule has 7 heteroatoms. The molecular weight excluding hydrogens is 400 g/mol. The lowest BCUT2D eigenvalue weighted by Crippen LogP contribution is -2.48. The van der Waals surface area contributed by atoms with Crippen molar-refractivity contribution in [1.29, 1.82) is 0 Å². The highest BCUT2D eigenvalue weighted by molar-refractivity contribution is 7.99. The topological polar surface area (TPSA) is 49.4 Å². The Kier molecular flexibility index (Phi) is 6.84. The van der Waals surface area contributed by atoms with Crippen molar-refractivity contribution in [2.45, 2.75) is 31.7 Å². The zero-order valence-corrected chi connectivity index (χ0v) is 17.7. The summed E-state index contributed by atoms with van der Waals surface area (Å²) in [7, 11) is 0. The minimum absolute atomic E-state index is 0.0948. The quantitative estimate of drug-likeness (QED) is 0.725. The van der Waals surface area contributed by atoms with Crippen LogP contribution in [-0.4, -0.2) is 35.1 Å². The van der Waals surface area contributed by atoms with E-state index in [1.54, 1.807) is 52.3 Å². The lowest BCUT2D eigenvalue weighted by molar-refractivity contribution is -0.124. The molecule has 0 radical (unpaired) electrons. The summed E-state index contributed by atoms with van der Waals surface area (Å²) in [5.41, 5.74) is 0.434. The van der Waals surface area contributed by atoms with Gasteiger partial charge in [0.05, 0.1) is 10.6 Å². The summed E-state index contributed by atoms with van der Waals surface area (Å²) in [4.78, 5) is 28.9. The summed E-state index contributed by atoms with van der Waals surface area (Å²) < 4.78 is 0. The largest absolute Gasteiger partial charge is 0.354 e. The van der Waals surface area contributed by atoms with Gasteiger partial charge in [-0.25, -0.2) is 0 Å². The maximum absolute atomic E-state index is 13.3. The van der Waals surface area contributed by atoms with Crippen LogP contribution >= 0.6 is 34.7 Å². The summed E-state index contributed by atoms with van der Waals surface area (Å²) in [6, 6.07) is 10.5. The third kappa shape index (κ3) is 4.68. The minimum Gasteiger partial charge on any atom is -0.354 e. The summed E-state index contributed by atoms with van der Waals surface area (Å²) in [5, 5.41) is 5.22. The minimum atomic E-state index is -0.502. The van der Waals surface area contributed by atoms with Crippen LogP contribution in [0, 0.1) is 5.92 Å². The molecule has 1 aromatic carbocycles. The van der Waals surface area contributed by atoms with Gasteiger partial charge >= 0.3 is 0 Å². The van der Waals surface area contributed by atoms with E-state index in [1.165, 1.54) is 0 Å². The van der Waals surface area contributed by atoms with Gasteiger partial charge < -0.3 is 10.2 Å². The van der Waals surface area contributed by atoms with E-state index in [-0.39, 0.29) is 17.2 Å². The number of nitrogens with zero attached hydrogens (tertiary/aromatic N) is 1. The van der Waals surface area contributed by atoms with Gasteiger partial charge in [-0.05, 0) is 35.9 Å². The second-order valence-electron chi connectivity index (χ2n) is 6.88. The third-order valence-corrected chi connectivity index (χ3v) is 7.16. The number of hydrogen-bond donors (Lipinski definition) is 1. The Balaban J connectivity index is 1.85. The molecule has 0 aliphatic carbocycles. The number of rotatable bonds is 6. The van der Waals surface area contributed by atoms with E-state index in [2.05, 4.69) is 19.2 Å². The van der Waals surface area contributed by atoms with Crippen molar-refractivity contribution in [2.24, 2.45) is 5.92 Å². The second kappa shape index (κ2) is 9.13. The SMILES string of the molecule is CC(C)CCNC(=O)C1CSC(c2cccs2)N1C(=O)c1ccccc1Cl. The van der Waals surface area contributed by atoms with Gasteiger partial charge in [0.1, 0.15) is 11.4 Å². The highest BCUT2D eigenvalue weighted by Gasteiger charge is 2.43. The summed E-state index contributed by atoms with van der Waals surface area (Å²) in [6.45, 7) is 4.87. The Morgan fingerprint density at radius 1 is 1.26 bits per heavy atom. The number of nitrogens with one attached hydrogen (secondary N) is 1. The molecule has 2 heterocycles. The molecule has 4 nitrogen and oxygen atoms in total. The smallest absolute Gasteiger partial charge is 0.257 e. The molecule has 27 heavy (non-hydrogen) atoms. The molecule has 0 saturated carbocycles. The maximum atomic E-state index is 13.3. The first-order valence-corrected chi connectivity index (χ1v) is 11.3. The van der Waals surface area contributed by atoms with Gasteiger partial charge in [-0.15, -0.1) is 23.1 Å². The van der Waals surface area contributed by atoms with Crippen LogP contribution in [-0.2, 0) is 4.79 Å². The molecule has 0 spiro atoms. The molecule has 3 rings (SSSR count). The molecule has 2 unspecified atom stereocenters. The first-order chi connectivity index (χ1) is 13.0. The average Bonchev–Trinajstić information content (AvgIpc) is 3.30. The molecule has 1 aliphatic heterocycles. The Hall–Kier alpha value is -1.50. The van der Waals surface area contributed by atoms with Gasteiger partial charge in [-0.1, -0.05) is 43.6 Å². The lowest BCUT2D eigenvalue weighted by atomic mass is 10.1. The lowest BCUT2D eigenvalue weighted by Gasteiger charge is -2.28. The van der Waals surface area contributed by atoms with E-state index in [1.807, 2.05) is 17.5 Å². The summed E-state index contributed by atoms with van der Waals surface area (Å²) in [5.74, 6) is 0.797. The summed E-state index contributed by atoms with van der Waals surface area (Å²) >= 11 is 9.49. The molecule has 1 saturated heterocycles. The fourth-order valence-electron chi connectivity index (χ4n) is 2.98. The van der Waals surface area contributed by atoms with Crippen LogP contribution in [0.3, 0.4) is 0 Å². The molecule has 1 N–H and O–H groups in total. The molecule has 1 aliphatic rings.